The number of carbonyl (C=O) groups excluding carboxylic acids is 1. The van der Waals surface area contributed by atoms with Gasteiger partial charge in [0.1, 0.15) is 4.21 Å². The van der Waals surface area contributed by atoms with Gasteiger partial charge in [-0.25, -0.2) is 8.42 Å². The van der Waals surface area contributed by atoms with Crippen LogP contribution in [0.2, 0.25) is 0 Å². The minimum Gasteiger partial charge on any atom is -0.326 e. The molecule has 0 bridgehead atoms. The Labute approximate surface area is 159 Å². The highest BCUT2D eigenvalue weighted by atomic mass is 32.2. The summed E-state index contributed by atoms with van der Waals surface area (Å²) in [4.78, 5) is 13.7. The second kappa shape index (κ2) is 7.90. The van der Waals surface area contributed by atoms with Crippen LogP contribution in [0.1, 0.15) is 30.2 Å². The largest absolute Gasteiger partial charge is 0.326 e. The highest BCUT2D eigenvalue weighted by Gasteiger charge is 2.34. The summed E-state index contributed by atoms with van der Waals surface area (Å²) >= 11 is 1.28. The molecule has 0 spiro atoms. The fraction of sp³-hybridized carbons (Fsp3) is 0.421. The molecule has 7 heteroatoms. The summed E-state index contributed by atoms with van der Waals surface area (Å²) in [6.45, 7) is 4.64. The molecule has 2 heterocycles. The molecule has 1 amide bonds. The second-order valence-corrected chi connectivity index (χ2v) is 10.0. The molecule has 0 saturated carbocycles. The Bertz CT molecular complexity index is 890. The van der Waals surface area contributed by atoms with Crippen LogP contribution < -0.4 is 5.32 Å². The Balaban J connectivity index is 1.73. The fourth-order valence-corrected chi connectivity index (χ4v) is 6.20. The van der Waals surface area contributed by atoms with E-state index in [-0.39, 0.29) is 18.4 Å². The third-order valence-electron chi connectivity index (χ3n) is 4.72. The van der Waals surface area contributed by atoms with Gasteiger partial charge in [0.05, 0.1) is 5.92 Å². The standard InChI is InChI=1S/C19H24N2O3S2/c1-3-15-7-4-5-9-17(15)20-19(22)16-8-6-12-21(13-16)26(23,24)18-11-10-14(2)25-18/h4-5,7,9-11,16H,3,6,8,12-13H2,1-2H3,(H,20,22)/t16-/m1/s1. The number of nitrogens with one attached hydrogen (secondary N) is 1. The zero-order chi connectivity index (χ0) is 18.7. The Morgan fingerprint density at radius 3 is 2.73 bits per heavy atom. The molecule has 0 aliphatic carbocycles. The zero-order valence-electron chi connectivity index (χ0n) is 15.1. The molecule has 1 aliphatic rings. The molecular weight excluding hydrogens is 368 g/mol. The van der Waals surface area contributed by atoms with E-state index in [9.17, 15) is 13.2 Å². The molecule has 5 nitrogen and oxygen atoms in total. The van der Waals surface area contributed by atoms with E-state index in [4.69, 9.17) is 0 Å². The third kappa shape index (κ3) is 4.00. The Hall–Kier alpha value is -1.70. The molecule has 0 unspecified atom stereocenters. The average Bonchev–Trinajstić information content (AvgIpc) is 3.09. The lowest BCUT2D eigenvalue weighted by atomic mass is 9.98. The van der Waals surface area contributed by atoms with Gasteiger partial charge >= 0.3 is 0 Å². The van der Waals surface area contributed by atoms with Crippen molar-refractivity contribution in [1.29, 1.82) is 0 Å². The maximum atomic E-state index is 12.8. The summed E-state index contributed by atoms with van der Waals surface area (Å²) in [6.07, 6.45) is 2.23. The van der Waals surface area contributed by atoms with Crippen LogP contribution in [0.25, 0.3) is 0 Å². The Morgan fingerprint density at radius 2 is 2.04 bits per heavy atom. The number of piperidine rings is 1. The van der Waals surface area contributed by atoms with Crippen LogP contribution in [-0.4, -0.2) is 31.7 Å². The van der Waals surface area contributed by atoms with Crippen molar-refractivity contribution < 1.29 is 13.2 Å². The molecule has 1 atom stereocenters. The molecule has 1 saturated heterocycles. The number of carbonyl (C=O) groups is 1. The van der Waals surface area contributed by atoms with E-state index in [1.165, 1.54) is 15.6 Å². The Morgan fingerprint density at radius 1 is 1.27 bits per heavy atom. The van der Waals surface area contributed by atoms with Crippen molar-refractivity contribution in [3.8, 4) is 0 Å². The number of rotatable bonds is 5. The topological polar surface area (TPSA) is 66.5 Å². The summed E-state index contributed by atoms with van der Waals surface area (Å²) in [5, 5.41) is 2.99. The normalized spacial score (nSPS) is 18.6. The number of hydrogen-bond donors (Lipinski definition) is 1. The van der Waals surface area contributed by atoms with E-state index in [2.05, 4.69) is 5.32 Å². The van der Waals surface area contributed by atoms with E-state index in [1.54, 1.807) is 6.07 Å². The predicted molar refractivity (Wildman–Crippen MR) is 105 cm³/mol. The first-order valence-corrected chi connectivity index (χ1v) is 11.1. The molecule has 2 aromatic rings. The van der Waals surface area contributed by atoms with Crippen LogP contribution in [-0.2, 0) is 21.2 Å². The number of benzene rings is 1. The van der Waals surface area contributed by atoms with Crippen LogP contribution in [0.4, 0.5) is 5.69 Å². The summed E-state index contributed by atoms with van der Waals surface area (Å²) in [7, 11) is -3.52. The smallest absolute Gasteiger partial charge is 0.252 e. The SMILES string of the molecule is CCc1ccccc1NC(=O)[C@@H]1CCCN(S(=O)(=O)c2ccc(C)s2)C1. The van der Waals surface area contributed by atoms with Gasteiger partial charge in [0, 0.05) is 23.7 Å². The van der Waals surface area contributed by atoms with Crippen molar-refractivity contribution >= 4 is 33.0 Å². The van der Waals surface area contributed by atoms with Gasteiger partial charge in [-0.3, -0.25) is 4.79 Å². The van der Waals surface area contributed by atoms with Gasteiger partial charge in [-0.05, 0) is 49.9 Å². The van der Waals surface area contributed by atoms with Crippen LogP contribution in [0, 0.1) is 12.8 Å². The summed E-state index contributed by atoms with van der Waals surface area (Å²) in [5.41, 5.74) is 1.89. The minimum absolute atomic E-state index is 0.104. The van der Waals surface area contributed by atoms with Crippen LogP contribution >= 0.6 is 11.3 Å². The molecule has 1 aromatic carbocycles. The van der Waals surface area contributed by atoms with E-state index in [0.29, 0.717) is 23.6 Å². The van der Waals surface area contributed by atoms with Crippen molar-refractivity contribution in [2.24, 2.45) is 5.92 Å². The van der Waals surface area contributed by atoms with Gasteiger partial charge in [0.15, 0.2) is 0 Å². The monoisotopic (exact) mass is 392 g/mol. The second-order valence-electron chi connectivity index (χ2n) is 6.57. The minimum atomic E-state index is -3.52. The van der Waals surface area contributed by atoms with E-state index < -0.39 is 10.0 Å². The maximum absolute atomic E-state index is 12.8. The number of aryl methyl sites for hydroxylation is 2. The van der Waals surface area contributed by atoms with Crippen LogP contribution in [0.15, 0.2) is 40.6 Å². The van der Waals surface area contributed by atoms with Gasteiger partial charge in [0.2, 0.25) is 5.91 Å². The van der Waals surface area contributed by atoms with Gasteiger partial charge in [-0.15, -0.1) is 11.3 Å². The highest BCUT2D eigenvalue weighted by molar-refractivity contribution is 7.91. The van der Waals surface area contributed by atoms with Gasteiger partial charge < -0.3 is 5.32 Å². The molecular formula is C19H24N2O3S2. The first-order valence-electron chi connectivity index (χ1n) is 8.87. The third-order valence-corrected chi connectivity index (χ3v) is 8.05. The number of nitrogens with zero attached hydrogens (tertiary/aromatic N) is 1. The number of sulfonamides is 1. The number of hydrogen-bond acceptors (Lipinski definition) is 4. The molecule has 1 N–H and O–H groups in total. The van der Waals surface area contributed by atoms with Gasteiger partial charge in [-0.1, -0.05) is 25.1 Å². The molecule has 26 heavy (non-hydrogen) atoms. The number of para-hydroxylation sites is 1. The van der Waals surface area contributed by atoms with E-state index in [0.717, 1.165) is 22.5 Å². The maximum Gasteiger partial charge on any atom is 0.252 e. The van der Waals surface area contributed by atoms with Gasteiger partial charge in [-0.2, -0.15) is 4.31 Å². The van der Waals surface area contributed by atoms with Crippen molar-refractivity contribution in [3.63, 3.8) is 0 Å². The molecule has 0 radical (unpaired) electrons. The molecule has 1 fully saturated rings. The zero-order valence-corrected chi connectivity index (χ0v) is 16.7. The van der Waals surface area contributed by atoms with Crippen molar-refractivity contribution in [3.05, 3.63) is 46.8 Å². The highest BCUT2D eigenvalue weighted by Crippen LogP contribution is 2.29. The van der Waals surface area contributed by atoms with Gasteiger partial charge in [0.25, 0.3) is 10.0 Å². The van der Waals surface area contributed by atoms with Crippen molar-refractivity contribution in [2.75, 3.05) is 18.4 Å². The first-order chi connectivity index (χ1) is 12.4. The summed E-state index contributed by atoms with van der Waals surface area (Å²) in [6, 6.07) is 11.2. The number of thiophene rings is 1. The lowest BCUT2D eigenvalue weighted by molar-refractivity contribution is -0.120. The van der Waals surface area contributed by atoms with E-state index in [1.807, 2.05) is 44.2 Å². The molecule has 140 valence electrons. The average molecular weight is 393 g/mol. The molecule has 1 aliphatic heterocycles. The van der Waals surface area contributed by atoms with Crippen LogP contribution in [0.3, 0.4) is 0 Å². The van der Waals surface area contributed by atoms with Crippen molar-refractivity contribution in [1.82, 2.24) is 4.31 Å². The lowest BCUT2D eigenvalue weighted by Crippen LogP contribution is -2.43. The lowest BCUT2D eigenvalue weighted by Gasteiger charge is -2.31. The van der Waals surface area contributed by atoms with Crippen molar-refractivity contribution in [2.45, 2.75) is 37.3 Å². The molecule has 1 aromatic heterocycles. The summed E-state index contributed by atoms with van der Waals surface area (Å²) in [5.74, 6) is -0.433. The quantitative estimate of drug-likeness (QED) is 0.844. The molecule has 3 rings (SSSR count). The van der Waals surface area contributed by atoms with E-state index >= 15 is 0 Å². The number of amides is 1. The predicted octanol–water partition coefficient (Wildman–Crippen LogP) is 3.66. The number of anilines is 1. The Kier molecular flexibility index (Phi) is 5.79. The first kappa shape index (κ1) is 19.1. The summed E-state index contributed by atoms with van der Waals surface area (Å²) < 4.78 is 27.5. The van der Waals surface area contributed by atoms with Crippen LogP contribution in [0.5, 0.6) is 0 Å². The fourth-order valence-electron chi connectivity index (χ4n) is 3.24.